The average molecular weight is 314 g/mol. The van der Waals surface area contributed by atoms with E-state index < -0.39 is 0 Å². The van der Waals surface area contributed by atoms with E-state index in [-0.39, 0.29) is 11.8 Å². The topological polar surface area (TPSA) is 32.3 Å². The van der Waals surface area contributed by atoms with Crippen LogP contribution in [0.5, 0.6) is 0 Å². The number of likely N-dealkylation sites (tertiary alicyclic amines) is 1. The largest absolute Gasteiger partial charge is 0.352 e. The summed E-state index contributed by atoms with van der Waals surface area (Å²) in [6.07, 6.45) is 2.41. The second kappa shape index (κ2) is 7.04. The molecule has 0 radical (unpaired) electrons. The molecule has 3 nitrogen and oxygen atoms in total. The van der Waals surface area contributed by atoms with Crippen LogP contribution in [0, 0.1) is 23.7 Å². The lowest BCUT2D eigenvalue weighted by molar-refractivity contribution is -0.122. The molecule has 1 N–H and O–H groups in total. The van der Waals surface area contributed by atoms with Crippen LogP contribution in [0.1, 0.15) is 44.7 Å². The minimum absolute atomic E-state index is 0.220. The zero-order valence-corrected chi connectivity index (χ0v) is 14.7. The van der Waals surface area contributed by atoms with Crippen molar-refractivity contribution in [3.05, 3.63) is 35.4 Å². The van der Waals surface area contributed by atoms with Crippen LogP contribution in [0.15, 0.2) is 24.3 Å². The lowest BCUT2D eigenvalue weighted by atomic mass is 9.91. The number of hydrogen-bond donors (Lipinski definition) is 1. The van der Waals surface area contributed by atoms with Gasteiger partial charge in [-0.15, -0.1) is 0 Å². The molecule has 0 spiro atoms. The Labute approximate surface area is 140 Å². The van der Waals surface area contributed by atoms with E-state index in [2.05, 4.69) is 55.3 Å². The number of hydrogen-bond acceptors (Lipinski definition) is 2. The molecule has 126 valence electrons. The summed E-state index contributed by atoms with van der Waals surface area (Å²) in [5.41, 5.74) is 2.56. The van der Waals surface area contributed by atoms with Gasteiger partial charge in [0.2, 0.25) is 5.91 Å². The first-order chi connectivity index (χ1) is 11.0. The third kappa shape index (κ3) is 4.57. The third-order valence-corrected chi connectivity index (χ3v) is 5.29. The van der Waals surface area contributed by atoms with Gasteiger partial charge in [-0.1, -0.05) is 45.0 Å². The highest BCUT2D eigenvalue weighted by molar-refractivity contribution is 5.81. The number of nitrogens with one attached hydrogen (secondary N) is 1. The fourth-order valence-electron chi connectivity index (χ4n) is 3.95. The Morgan fingerprint density at radius 3 is 2.17 bits per heavy atom. The molecule has 1 amide bonds. The first-order valence-corrected chi connectivity index (χ1v) is 9.09. The van der Waals surface area contributed by atoms with E-state index in [1.54, 1.807) is 0 Å². The van der Waals surface area contributed by atoms with E-state index in [0.717, 1.165) is 24.8 Å². The minimum Gasteiger partial charge on any atom is -0.352 e. The molecule has 2 aliphatic rings. The van der Waals surface area contributed by atoms with Crippen molar-refractivity contribution in [1.82, 2.24) is 10.2 Å². The van der Waals surface area contributed by atoms with Gasteiger partial charge in [0.05, 0.1) is 0 Å². The van der Waals surface area contributed by atoms with Crippen molar-refractivity contribution in [2.75, 3.05) is 13.1 Å². The Bertz CT molecular complexity index is 529. The van der Waals surface area contributed by atoms with Crippen LogP contribution in [0.3, 0.4) is 0 Å². The summed E-state index contributed by atoms with van der Waals surface area (Å²) in [5, 5.41) is 3.05. The normalized spacial score (nSPS) is 30.9. The molecule has 23 heavy (non-hydrogen) atoms. The quantitative estimate of drug-likeness (QED) is 0.903. The van der Waals surface area contributed by atoms with Crippen LogP contribution in [0.2, 0.25) is 0 Å². The lowest BCUT2D eigenvalue weighted by Gasteiger charge is -2.35. The van der Waals surface area contributed by atoms with Crippen molar-refractivity contribution in [1.29, 1.82) is 0 Å². The first-order valence-electron chi connectivity index (χ1n) is 9.09. The maximum Gasteiger partial charge on any atom is 0.223 e. The van der Waals surface area contributed by atoms with Gasteiger partial charge in [-0.05, 0) is 41.7 Å². The molecular weight excluding hydrogens is 284 g/mol. The van der Waals surface area contributed by atoms with Crippen molar-refractivity contribution in [3.8, 4) is 0 Å². The second-order valence-corrected chi connectivity index (χ2v) is 7.99. The number of benzene rings is 1. The number of piperidine rings is 1. The van der Waals surface area contributed by atoms with E-state index in [0.29, 0.717) is 12.5 Å². The molecule has 0 aromatic heterocycles. The van der Waals surface area contributed by atoms with Gasteiger partial charge in [-0.2, -0.15) is 0 Å². The third-order valence-electron chi connectivity index (χ3n) is 5.29. The van der Waals surface area contributed by atoms with Crippen LogP contribution in [0.25, 0.3) is 0 Å². The fourth-order valence-corrected chi connectivity index (χ4v) is 3.95. The Hall–Kier alpha value is -1.35. The van der Waals surface area contributed by atoms with E-state index >= 15 is 0 Å². The van der Waals surface area contributed by atoms with Crippen molar-refractivity contribution in [2.45, 2.75) is 46.7 Å². The van der Waals surface area contributed by atoms with Gasteiger partial charge in [-0.25, -0.2) is 0 Å². The maximum atomic E-state index is 11.9. The predicted octanol–water partition coefficient (Wildman–Crippen LogP) is 3.44. The SMILES string of the molecule is C[C@@H]1C[C@H](C)CN(Cc2ccc(CNC(=O)[C@H]3C[C@@H]3C)cc2)C1. The van der Waals surface area contributed by atoms with Crippen LogP contribution < -0.4 is 5.32 Å². The summed E-state index contributed by atoms with van der Waals surface area (Å²) in [4.78, 5) is 14.4. The van der Waals surface area contributed by atoms with E-state index in [4.69, 9.17) is 0 Å². The molecule has 1 saturated carbocycles. The van der Waals surface area contributed by atoms with Gasteiger partial charge in [-0.3, -0.25) is 9.69 Å². The predicted molar refractivity (Wildman–Crippen MR) is 93.8 cm³/mol. The summed E-state index contributed by atoms with van der Waals surface area (Å²) in [7, 11) is 0. The zero-order chi connectivity index (χ0) is 16.4. The number of carbonyl (C=O) groups excluding carboxylic acids is 1. The number of rotatable bonds is 5. The Balaban J connectivity index is 1.48. The van der Waals surface area contributed by atoms with Crippen molar-refractivity contribution >= 4 is 5.91 Å². The maximum absolute atomic E-state index is 11.9. The molecule has 1 aliphatic heterocycles. The van der Waals surface area contributed by atoms with Crippen molar-refractivity contribution in [2.24, 2.45) is 23.7 Å². The van der Waals surface area contributed by atoms with Crippen LogP contribution in [0.4, 0.5) is 0 Å². The molecule has 3 heteroatoms. The van der Waals surface area contributed by atoms with Gasteiger partial charge in [0.15, 0.2) is 0 Å². The van der Waals surface area contributed by atoms with Gasteiger partial charge >= 0.3 is 0 Å². The molecule has 1 aromatic rings. The Morgan fingerprint density at radius 1 is 1.04 bits per heavy atom. The molecule has 0 unspecified atom stereocenters. The highest BCUT2D eigenvalue weighted by Gasteiger charge is 2.38. The van der Waals surface area contributed by atoms with Crippen molar-refractivity contribution < 1.29 is 4.79 Å². The molecular formula is C20H30N2O. The summed E-state index contributed by atoms with van der Waals surface area (Å²) < 4.78 is 0. The van der Waals surface area contributed by atoms with Gasteiger partial charge in [0, 0.05) is 32.1 Å². The summed E-state index contributed by atoms with van der Waals surface area (Å²) >= 11 is 0. The summed E-state index contributed by atoms with van der Waals surface area (Å²) in [6, 6.07) is 8.74. The van der Waals surface area contributed by atoms with Crippen LogP contribution in [-0.2, 0) is 17.9 Å². The second-order valence-electron chi connectivity index (χ2n) is 7.99. The number of amides is 1. The Morgan fingerprint density at radius 2 is 1.61 bits per heavy atom. The van der Waals surface area contributed by atoms with Gasteiger partial charge in [0.1, 0.15) is 0 Å². The zero-order valence-electron chi connectivity index (χ0n) is 14.7. The number of nitrogens with zero attached hydrogens (tertiary/aromatic N) is 1. The lowest BCUT2D eigenvalue weighted by Crippen LogP contribution is -2.38. The summed E-state index contributed by atoms with van der Waals surface area (Å²) in [5.74, 6) is 2.66. The molecule has 1 saturated heterocycles. The molecule has 0 bridgehead atoms. The van der Waals surface area contributed by atoms with E-state index in [9.17, 15) is 4.79 Å². The number of carbonyl (C=O) groups is 1. The highest BCUT2D eigenvalue weighted by atomic mass is 16.2. The van der Waals surface area contributed by atoms with E-state index in [1.165, 1.54) is 30.6 Å². The van der Waals surface area contributed by atoms with Crippen LogP contribution in [-0.4, -0.2) is 23.9 Å². The summed E-state index contributed by atoms with van der Waals surface area (Å²) in [6.45, 7) is 11.0. The average Bonchev–Trinajstić information content (AvgIpc) is 3.22. The molecule has 4 atom stereocenters. The molecule has 1 aromatic carbocycles. The molecule has 3 rings (SSSR count). The molecule has 1 aliphatic carbocycles. The van der Waals surface area contributed by atoms with Gasteiger partial charge < -0.3 is 5.32 Å². The van der Waals surface area contributed by atoms with Crippen LogP contribution >= 0.6 is 0 Å². The first kappa shape index (κ1) is 16.5. The van der Waals surface area contributed by atoms with Crippen molar-refractivity contribution in [3.63, 3.8) is 0 Å². The van der Waals surface area contributed by atoms with Gasteiger partial charge in [0.25, 0.3) is 0 Å². The van der Waals surface area contributed by atoms with E-state index in [1.807, 2.05) is 0 Å². The smallest absolute Gasteiger partial charge is 0.223 e. The molecule has 2 fully saturated rings. The standard InChI is InChI=1S/C20H30N2O/c1-14-8-15(2)12-22(11-14)13-18-6-4-17(5-7-18)10-21-20(23)19-9-16(19)3/h4-7,14-16,19H,8-13H2,1-3H3,(H,21,23)/t14-,15+,16-,19-/m0/s1. The minimum atomic E-state index is 0.220. The molecule has 1 heterocycles. The fraction of sp³-hybridized carbons (Fsp3) is 0.650. The Kier molecular flexibility index (Phi) is 5.05. The highest BCUT2D eigenvalue weighted by Crippen LogP contribution is 2.37. The monoisotopic (exact) mass is 314 g/mol.